The Morgan fingerprint density at radius 2 is 1.87 bits per heavy atom. The van der Waals surface area contributed by atoms with E-state index in [1.165, 1.54) is 25.8 Å². The molecule has 0 aromatic rings. The van der Waals surface area contributed by atoms with Gasteiger partial charge in [0, 0.05) is 38.3 Å². The quantitative estimate of drug-likeness (QED) is 0.746. The number of ether oxygens (including phenoxy) is 1. The molecule has 1 unspecified atom stereocenters. The molecule has 0 aromatic carbocycles. The second-order valence-electron chi connectivity index (χ2n) is 7.55. The van der Waals surface area contributed by atoms with Crippen LogP contribution in [0.3, 0.4) is 0 Å². The van der Waals surface area contributed by atoms with Gasteiger partial charge in [0.15, 0.2) is 0 Å². The molecule has 2 rings (SSSR count). The second-order valence-corrected chi connectivity index (χ2v) is 7.55. The van der Waals surface area contributed by atoms with E-state index in [4.69, 9.17) is 4.74 Å². The van der Waals surface area contributed by atoms with E-state index in [-0.39, 0.29) is 0 Å². The van der Waals surface area contributed by atoms with Crippen LogP contribution >= 0.6 is 0 Å². The molecule has 0 saturated carbocycles. The minimum Gasteiger partial charge on any atom is -0.383 e. The number of rotatable bonds is 6. The summed E-state index contributed by atoms with van der Waals surface area (Å²) in [6, 6.07) is 0.414. The number of carbonyl (C=O) groups is 1. The van der Waals surface area contributed by atoms with Crippen molar-refractivity contribution in [2.75, 3.05) is 53.5 Å². The third kappa shape index (κ3) is 4.68. The van der Waals surface area contributed by atoms with Crippen LogP contribution in [0.4, 0.5) is 0 Å². The average Bonchev–Trinajstić information content (AvgIpc) is 2.76. The van der Waals surface area contributed by atoms with Crippen molar-refractivity contribution in [3.8, 4) is 0 Å². The van der Waals surface area contributed by atoms with Crippen molar-refractivity contribution in [3.05, 3.63) is 0 Å². The van der Waals surface area contributed by atoms with Crippen LogP contribution in [0, 0.1) is 0 Å². The number of likely N-dealkylation sites (tertiary alicyclic amines) is 2. The molecule has 2 heterocycles. The Morgan fingerprint density at radius 1 is 1.17 bits per heavy atom. The maximum Gasteiger partial charge on any atom is 0.236 e. The number of nitrogens with zero attached hydrogens (tertiary/aromatic N) is 3. The average molecular weight is 325 g/mol. The lowest BCUT2D eigenvalue weighted by Gasteiger charge is -2.38. The molecule has 1 atom stereocenters. The van der Waals surface area contributed by atoms with Crippen molar-refractivity contribution in [2.24, 2.45) is 0 Å². The summed E-state index contributed by atoms with van der Waals surface area (Å²) in [5.41, 5.74) is 0.317. The van der Waals surface area contributed by atoms with Gasteiger partial charge < -0.3 is 9.64 Å². The number of hydrogen-bond acceptors (Lipinski definition) is 4. The summed E-state index contributed by atoms with van der Waals surface area (Å²) >= 11 is 0. The van der Waals surface area contributed by atoms with Gasteiger partial charge >= 0.3 is 0 Å². The molecule has 134 valence electrons. The van der Waals surface area contributed by atoms with Gasteiger partial charge in [-0.2, -0.15) is 0 Å². The van der Waals surface area contributed by atoms with E-state index < -0.39 is 0 Å². The van der Waals surface area contributed by atoms with Crippen molar-refractivity contribution >= 4 is 5.91 Å². The van der Waals surface area contributed by atoms with Gasteiger partial charge in [0.05, 0.1) is 13.2 Å². The van der Waals surface area contributed by atoms with Crippen LogP contribution in [0.15, 0.2) is 0 Å². The predicted molar refractivity (Wildman–Crippen MR) is 93.6 cm³/mol. The SMILES string of the molecule is COCCN1CCCC12CCCN(C(=O)CN(C)C(C)C)CC2. The molecule has 0 aromatic heterocycles. The van der Waals surface area contributed by atoms with E-state index in [0.29, 0.717) is 24.0 Å². The zero-order valence-electron chi connectivity index (χ0n) is 15.5. The molecular weight excluding hydrogens is 290 g/mol. The van der Waals surface area contributed by atoms with Crippen LogP contribution in [0.25, 0.3) is 0 Å². The molecule has 2 fully saturated rings. The molecule has 23 heavy (non-hydrogen) atoms. The highest BCUT2D eigenvalue weighted by molar-refractivity contribution is 5.78. The minimum atomic E-state index is 0.291. The van der Waals surface area contributed by atoms with Gasteiger partial charge in [-0.25, -0.2) is 0 Å². The number of methoxy groups -OCH3 is 1. The molecular formula is C18H35N3O2. The summed E-state index contributed by atoms with van der Waals surface area (Å²) in [5.74, 6) is 0.291. The fourth-order valence-electron chi connectivity index (χ4n) is 4.04. The van der Waals surface area contributed by atoms with E-state index in [2.05, 4.69) is 28.5 Å². The van der Waals surface area contributed by atoms with Gasteiger partial charge in [0.25, 0.3) is 0 Å². The topological polar surface area (TPSA) is 36.0 Å². The lowest BCUT2D eigenvalue weighted by Crippen LogP contribution is -2.46. The first-order chi connectivity index (χ1) is 11.0. The third-order valence-electron chi connectivity index (χ3n) is 5.84. The number of likely N-dealkylation sites (N-methyl/N-ethyl adjacent to an activating group) is 1. The van der Waals surface area contributed by atoms with Crippen LogP contribution in [0.1, 0.15) is 46.0 Å². The van der Waals surface area contributed by atoms with Crippen LogP contribution in [-0.2, 0) is 9.53 Å². The van der Waals surface area contributed by atoms with Crippen LogP contribution in [-0.4, -0.2) is 85.7 Å². The summed E-state index contributed by atoms with van der Waals surface area (Å²) < 4.78 is 5.28. The number of amides is 1. The summed E-state index contributed by atoms with van der Waals surface area (Å²) in [4.78, 5) is 19.4. The number of hydrogen-bond donors (Lipinski definition) is 0. The van der Waals surface area contributed by atoms with Crippen molar-refractivity contribution in [1.82, 2.24) is 14.7 Å². The van der Waals surface area contributed by atoms with Crippen molar-refractivity contribution < 1.29 is 9.53 Å². The monoisotopic (exact) mass is 325 g/mol. The standard InChI is InChI=1S/C18H35N3O2/c1-16(2)19(3)15-17(22)20-10-5-7-18(9-12-20)8-6-11-21(18)13-14-23-4/h16H,5-15H2,1-4H3. The van der Waals surface area contributed by atoms with Crippen LogP contribution in [0.2, 0.25) is 0 Å². The third-order valence-corrected chi connectivity index (χ3v) is 5.84. The van der Waals surface area contributed by atoms with Crippen molar-refractivity contribution in [3.63, 3.8) is 0 Å². The molecule has 1 spiro atoms. The summed E-state index contributed by atoms with van der Waals surface area (Å²) in [6.45, 7) is 9.67. The number of carbonyl (C=O) groups excluding carboxylic acids is 1. The highest BCUT2D eigenvalue weighted by atomic mass is 16.5. The zero-order valence-corrected chi connectivity index (χ0v) is 15.5. The van der Waals surface area contributed by atoms with E-state index >= 15 is 0 Å². The van der Waals surface area contributed by atoms with Gasteiger partial charge in [0.1, 0.15) is 0 Å². The molecule has 2 aliphatic heterocycles. The van der Waals surface area contributed by atoms with Crippen molar-refractivity contribution in [1.29, 1.82) is 0 Å². The summed E-state index contributed by atoms with van der Waals surface area (Å²) in [7, 11) is 3.81. The van der Waals surface area contributed by atoms with Gasteiger partial charge in [-0.05, 0) is 59.5 Å². The van der Waals surface area contributed by atoms with Crippen LogP contribution in [0.5, 0.6) is 0 Å². The highest BCUT2D eigenvalue weighted by Crippen LogP contribution is 2.38. The normalized spacial score (nSPS) is 26.4. The van der Waals surface area contributed by atoms with E-state index in [1.807, 2.05) is 7.05 Å². The molecule has 2 aliphatic rings. The fourth-order valence-corrected chi connectivity index (χ4v) is 4.04. The molecule has 5 nitrogen and oxygen atoms in total. The molecule has 0 N–H and O–H groups in total. The molecule has 5 heteroatoms. The Balaban J connectivity index is 1.92. The maximum atomic E-state index is 12.6. The van der Waals surface area contributed by atoms with Gasteiger partial charge in [-0.1, -0.05) is 0 Å². The van der Waals surface area contributed by atoms with Crippen molar-refractivity contribution in [2.45, 2.75) is 57.5 Å². The van der Waals surface area contributed by atoms with Gasteiger partial charge in [0.2, 0.25) is 5.91 Å². The first-order valence-corrected chi connectivity index (χ1v) is 9.20. The Labute approximate surface area is 141 Å². The highest BCUT2D eigenvalue weighted by Gasteiger charge is 2.41. The maximum absolute atomic E-state index is 12.6. The zero-order chi connectivity index (χ0) is 16.9. The van der Waals surface area contributed by atoms with E-state index in [9.17, 15) is 4.79 Å². The smallest absolute Gasteiger partial charge is 0.236 e. The molecule has 0 aliphatic carbocycles. The lowest BCUT2D eigenvalue weighted by molar-refractivity contribution is -0.132. The second kappa shape index (κ2) is 8.45. The fraction of sp³-hybridized carbons (Fsp3) is 0.944. The summed E-state index contributed by atoms with van der Waals surface area (Å²) in [6.07, 6.45) is 6.04. The largest absolute Gasteiger partial charge is 0.383 e. The lowest BCUT2D eigenvalue weighted by atomic mass is 9.88. The van der Waals surface area contributed by atoms with Crippen LogP contribution < -0.4 is 0 Å². The first-order valence-electron chi connectivity index (χ1n) is 9.20. The van der Waals surface area contributed by atoms with E-state index in [1.54, 1.807) is 7.11 Å². The Hall–Kier alpha value is -0.650. The predicted octanol–water partition coefficient (Wildman–Crippen LogP) is 1.82. The van der Waals surface area contributed by atoms with E-state index in [0.717, 1.165) is 39.1 Å². The van der Waals surface area contributed by atoms with Gasteiger partial charge in [-0.3, -0.25) is 14.6 Å². The molecule has 0 radical (unpaired) electrons. The Bertz CT molecular complexity index is 388. The Kier molecular flexibility index (Phi) is 6.86. The molecule has 0 bridgehead atoms. The molecule has 2 saturated heterocycles. The summed E-state index contributed by atoms with van der Waals surface area (Å²) in [5, 5.41) is 0. The molecule has 1 amide bonds. The first kappa shape index (κ1) is 18.7. The Morgan fingerprint density at radius 3 is 2.52 bits per heavy atom. The minimum absolute atomic E-state index is 0.291. The van der Waals surface area contributed by atoms with Gasteiger partial charge in [-0.15, -0.1) is 0 Å².